The summed E-state index contributed by atoms with van der Waals surface area (Å²) in [6.07, 6.45) is 0.812. The van der Waals surface area contributed by atoms with Crippen LogP contribution >= 0.6 is 23.2 Å². The molecule has 1 heterocycles. The van der Waals surface area contributed by atoms with Crippen LogP contribution in [0.3, 0.4) is 0 Å². The zero-order valence-corrected chi connectivity index (χ0v) is 15.0. The highest BCUT2D eigenvalue weighted by Gasteiger charge is 2.31. The van der Waals surface area contributed by atoms with Crippen molar-refractivity contribution in [1.29, 1.82) is 0 Å². The smallest absolute Gasteiger partial charge is 0.199 e. The van der Waals surface area contributed by atoms with Gasteiger partial charge in [0, 0.05) is 16.5 Å². The van der Waals surface area contributed by atoms with Crippen molar-refractivity contribution in [2.24, 2.45) is 5.16 Å². The second kappa shape index (κ2) is 6.34. The maximum absolute atomic E-state index is 12.9. The summed E-state index contributed by atoms with van der Waals surface area (Å²) < 4.78 is 0.996. The van der Waals surface area contributed by atoms with Gasteiger partial charge < -0.3 is 10.4 Å². The van der Waals surface area contributed by atoms with E-state index in [0.717, 1.165) is 10.3 Å². The summed E-state index contributed by atoms with van der Waals surface area (Å²) in [5.74, 6) is -0.0479. The lowest BCUT2D eigenvalue weighted by Crippen LogP contribution is -2.31. The lowest BCUT2D eigenvalue weighted by Gasteiger charge is -2.27. The minimum Gasteiger partial charge on any atom is -0.428 e. The van der Waals surface area contributed by atoms with Gasteiger partial charge in [-0.1, -0.05) is 40.5 Å². The number of pyridine rings is 1. The summed E-state index contributed by atoms with van der Waals surface area (Å²) in [6.45, 7) is 0. The molecule has 0 aliphatic heterocycles. The molecule has 5 nitrogen and oxygen atoms in total. The Kier molecular flexibility index (Phi) is 4.13. The summed E-state index contributed by atoms with van der Waals surface area (Å²) in [7, 11) is 0. The Labute approximate surface area is 158 Å². The number of hydrogen-bond donors (Lipinski definition) is 2. The fourth-order valence-electron chi connectivity index (χ4n) is 3.58. The van der Waals surface area contributed by atoms with Gasteiger partial charge in [-0.05, 0) is 48.2 Å². The molecule has 2 N–H and O–H groups in total. The molecule has 0 saturated heterocycles. The first-order valence-electron chi connectivity index (χ1n) is 8.02. The van der Waals surface area contributed by atoms with Crippen LogP contribution in [-0.4, -0.2) is 20.9 Å². The highest BCUT2D eigenvalue weighted by molar-refractivity contribution is 6.31. The maximum Gasteiger partial charge on any atom is 0.199 e. The van der Waals surface area contributed by atoms with Crippen LogP contribution in [0.1, 0.15) is 29.2 Å². The number of nitrogens with zero attached hydrogens (tertiary/aromatic N) is 2. The summed E-state index contributed by atoms with van der Waals surface area (Å²) in [5, 5.41) is 24.9. The molecule has 3 aromatic rings. The van der Waals surface area contributed by atoms with Crippen molar-refractivity contribution in [3.8, 4) is 0 Å². The standard InChI is InChI=1S/C19H14Cl2N2O3/c20-12-3-1-10(2-4-12)11-7-15(22-25)18-17(8-11)23(26)16-6-5-13(21)9-14(16)19(18)24/h1-6,9,11,25-26H,7-8H2/b22-15+. The molecule has 26 heavy (non-hydrogen) atoms. The molecule has 0 saturated carbocycles. The largest absolute Gasteiger partial charge is 0.428 e. The lowest BCUT2D eigenvalue weighted by molar-refractivity contribution is 0.185. The Morgan fingerprint density at radius 1 is 1.04 bits per heavy atom. The first-order valence-corrected chi connectivity index (χ1v) is 8.78. The number of aromatic nitrogens is 1. The molecule has 7 heteroatoms. The van der Waals surface area contributed by atoms with Gasteiger partial charge in [-0.25, -0.2) is 0 Å². The minimum atomic E-state index is -0.301. The van der Waals surface area contributed by atoms with Gasteiger partial charge in [0.1, 0.15) is 0 Å². The van der Waals surface area contributed by atoms with E-state index in [1.54, 1.807) is 24.3 Å². The fraction of sp³-hybridized carbons (Fsp3) is 0.158. The van der Waals surface area contributed by atoms with Gasteiger partial charge in [0.2, 0.25) is 0 Å². The molecule has 1 aliphatic carbocycles. The van der Waals surface area contributed by atoms with Crippen molar-refractivity contribution in [3.05, 3.63) is 79.6 Å². The van der Waals surface area contributed by atoms with Crippen molar-refractivity contribution in [2.45, 2.75) is 18.8 Å². The monoisotopic (exact) mass is 388 g/mol. The molecule has 4 rings (SSSR count). The molecule has 0 bridgehead atoms. The highest BCUT2D eigenvalue weighted by Crippen LogP contribution is 2.33. The predicted molar refractivity (Wildman–Crippen MR) is 101 cm³/mol. The third-order valence-electron chi connectivity index (χ3n) is 4.83. The lowest BCUT2D eigenvalue weighted by atomic mass is 9.80. The van der Waals surface area contributed by atoms with Crippen LogP contribution < -0.4 is 5.43 Å². The molecule has 1 unspecified atom stereocenters. The zero-order valence-electron chi connectivity index (χ0n) is 13.5. The van der Waals surface area contributed by atoms with Crippen molar-refractivity contribution in [1.82, 2.24) is 4.73 Å². The van der Waals surface area contributed by atoms with Gasteiger partial charge in [0.25, 0.3) is 0 Å². The summed E-state index contributed by atoms with van der Waals surface area (Å²) in [5.41, 5.74) is 1.96. The number of oxime groups is 1. The molecule has 0 amide bonds. The van der Waals surface area contributed by atoms with Gasteiger partial charge in [-0.2, -0.15) is 4.73 Å². The zero-order chi connectivity index (χ0) is 18.4. The number of rotatable bonds is 1. The number of fused-ring (bicyclic) bond motifs is 2. The van der Waals surface area contributed by atoms with E-state index in [1.807, 2.05) is 12.1 Å². The minimum absolute atomic E-state index is 0.0479. The van der Waals surface area contributed by atoms with E-state index in [1.165, 1.54) is 6.07 Å². The van der Waals surface area contributed by atoms with Crippen LogP contribution in [0.5, 0.6) is 0 Å². The predicted octanol–water partition coefficient (Wildman–Crippen LogP) is 4.45. The third kappa shape index (κ3) is 2.64. The van der Waals surface area contributed by atoms with E-state index >= 15 is 0 Å². The molecular weight excluding hydrogens is 375 g/mol. The van der Waals surface area contributed by atoms with Crippen LogP contribution in [0, 0.1) is 0 Å². The van der Waals surface area contributed by atoms with Crippen molar-refractivity contribution < 1.29 is 10.4 Å². The normalized spacial score (nSPS) is 18.2. The summed E-state index contributed by atoms with van der Waals surface area (Å²) >= 11 is 11.9. The van der Waals surface area contributed by atoms with Crippen LogP contribution in [0.4, 0.5) is 0 Å². The number of hydrogen-bond acceptors (Lipinski definition) is 4. The molecule has 1 aromatic heterocycles. The van der Waals surface area contributed by atoms with Gasteiger partial charge in [0.15, 0.2) is 5.43 Å². The quantitative estimate of drug-likeness (QED) is 0.367. The molecule has 0 radical (unpaired) electrons. The van der Waals surface area contributed by atoms with Crippen LogP contribution in [0.15, 0.2) is 52.4 Å². The van der Waals surface area contributed by atoms with Gasteiger partial charge in [0.05, 0.1) is 27.9 Å². The summed E-state index contributed by atoms with van der Waals surface area (Å²) in [4.78, 5) is 12.9. The Morgan fingerprint density at radius 2 is 1.73 bits per heavy atom. The Hall–Kier alpha value is -2.50. The van der Waals surface area contributed by atoms with E-state index in [9.17, 15) is 15.2 Å². The van der Waals surface area contributed by atoms with Gasteiger partial charge >= 0.3 is 0 Å². The Balaban J connectivity index is 1.94. The Bertz CT molecular complexity index is 1100. The second-order valence-corrected chi connectivity index (χ2v) is 7.20. The summed E-state index contributed by atoms with van der Waals surface area (Å²) in [6, 6.07) is 12.1. The van der Waals surface area contributed by atoms with E-state index < -0.39 is 0 Å². The molecule has 1 aliphatic rings. The third-order valence-corrected chi connectivity index (χ3v) is 5.32. The first kappa shape index (κ1) is 16.9. The van der Waals surface area contributed by atoms with Crippen molar-refractivity contribution >= 4 is 39.8 Å². The topological polar surface area (TPSA) is 74.8 Å². The molecule has 132 valence electrons. The second-order valence-electron chi connectivity index (χ2n) is 6.33. The van der Waals surface area contributed by atoms with Gasteiger partial charge in [-0.15, -0.1) is 0 Å². The van der Waals surface area contributed by atoms with Crippen molar-refractivity contribution in [3.63, 3.8) is 0 Å². The molecule has 0 spiro atoms. The molecule has 0 fully saturated rings. The molecule has 1 atom stereocenters. The number of halogens is 2. The van der Waals surface area contributed by atoms with Gasteiger partial charge in [-0.3, -0.25) is 4.79 Å². The first-order chi connectivity index (χ1) is 12.5. The van der Waals surface area contributed by atoms with E-state index in [0.29, 0.717) is 34.1 Å². The highest BCUT2D eigenvalue weighted by atomic mass is 35.5. The average molecular weight is 389 g/mol. The van der Waals surface area contributed by atoms with Crippen LogP contribution in [0.25, 0.3) is 10.9 Å². The fourth-order valence-corrected chi connectivity index (χ4v) is 3.88. The van der Waals surface area contributed by atoms with Crippen LogP contribution in [0.2, 0.25) is 10.0 Å². The van der Waals surface area contributed by atoms with E-state index in [-0.39, 0.29) is 28.0 Å². The maximum atomic E-state index is 12.9. The van der Waals surface area contributed by atoms with E-state index in [4.69, 9.17) is 23.2 Å². The van der Waals surface area contributed by atoms with Crippen LogP contribution in [-0.2, 0) is 6.42 Å². The SMILES string of the molecule is O=c1c2c(n(O)c3ccc(Cl)cc13)CC(c1ccc(Cl)cc1)C/C2=N\O. The number of benzene rings is 2. The molecular formula is C19H14Cl2N2O3. The van der Waals surface area contributed by atoms with E-state index in [2.05, 4.69) is 5.16 Å². The Morgan fingerprint density at radius 3 is 2.42 bits per heavy atom. The van der Waals surface area contributed by atoms with Crippen molar-refractivity contribution in [2.75, 3.05) is 0 Å². The molecule has 2 aromatic carbocycles. The average Bonchev–Trinajstić information content (AvgIpc) is 2.65.